The summed E-state index contributed by atoms with van der Waals surface area (Å²) in [5, 5.41) is 9.96. The Balaban J connectivity index is 2.73. The summed E-state index contributed by atoms with van der Waals surface area (Å²) in [5.41, 5.74) is 0.961. The molecule has 2 aromatic rings. The first-order valence-electron chi connectivity index (χ1n) is 5.67. The molecule has 1 N–H and O–H groups in total. The average Bonchev–Trinajstić information content (AvgIpc) is 2.60. The van der Waals surface area contributed by atoms with Gasteiger partial charge in [0.1, 0.15) is 4.83 Å². The zero-order valence-electron chi connectivity index (χ0n) is 10.2. The Hall–Kier alpha value is -1.20. The van der Waals surface area contributed by atoms with E-state index in [4.69, 9.17) is 0 Å². The van der Waals surface area contributed by atoms with Crippen molar-refractivity contribution in [2.24, 2.45) is 0 Å². The Morgan fingerprint density at radius 2 is 2.24 bits per heavy atom. The molecule has 0 aliphatic heterocycles. The molecule has 0 unspecified atom stereocenters. The predicted octanol–water partition coefficient (Wildman–Crippen LogP) is 2.02. The van der Waals surface area contributed by atoms with Crippen LogP contribution in [0.15, 0.2) is 11.1 Å². The molecular formula is C12H16N2O2S. The lowest BCUT2D eigenvalue weighted by molar-refractivity contribution is 0.221. The van der Waals surface area contributed by atoms with Crippen LogP contribution in [0.3, 0.4) is 0 Å². The molecule has 2 rings (SSSR count). The van der Waals surface area contributed by atoms with Crippen LogP contribution in [0.2, 0.25) is 0 Å². The number of aromatic nitrogens is 2. The first-order valence-corrected chi connectivity index (χ1v) is 6.49. The van der Waals surface area contributed by atoms with Crippen molar-refractivity contribution in [2.45, 2.75) is 33.2 Å². The summed E-state index contributed by atoms with van der Waals surface area (Å²) in [7, 11) is 0. The quantitative estimate of drug-likeness (QED) is 0.909. The molecule has 2 aromatic heterocycles. The van der Waals surface area contributed by atoms with Gasteiger partial charge in [-0.05, 0) is 25.8 Å². The summed E-state index contributed by atoms with van der Waals surface area (Å²) in [6.45, 7) is 5.85. The SMILES string of the molecule is CC[C@@H](CO)n1cnc2sc(C)c(C)c2c1=O. The Morgan fingerprint density at radius 1 is 1.53 bits per heavy atom. The molecule has 0 amide bonds. The topological polar surface area (TPSA) is 55.1 Å². The van der Waals surface area contributed by atoms with Crippen LogP contribution in [0.5, 0.6) is 0 Å². The number of hydrogen-bond donors (Lipinski definition) is 1. The van der Waals surface area contributed by atoms with Crippen molar-refractivity contribution in [3.63, 3.8) is 0 Å². The van der Waals surface area contributed by atoms with Crippen molar-refractivity contribution in [3.8, 4) is 0 Å². The van der Waals surface area contributed by atoms with E-state index in [0.29, 0.717) is 11.8 Å². The maximum Gasteiger partial charge on any atom is 0.262 e. The first kappa shape index (κ1) is 12.3. The number of aliphatic hydroxyl groups excluding tert-OH is 1. The van der Waals surface area contributed by atoms with Gasteiger partial charge in [-0.1, -0.05) is 6.92 Å². The molecule has 0 aromatic carbocycles. The van der Waals surface area contributed by atoms with Gasteiger partial charge in [0.25, 0.3) is 5.56 Å². The van der Waals surface area contributed by atoms with Gasteiger partial charge in [-0.15, -0.1) is 11.3 Å². The molecule has 0 radical (unpaired) electrons. The van der Waals surface area contributed by atoms with E-state index in [1.165, 1.54) is 0 Å². The van der Waals surface area contributed by atoms with Crippen molar-refractivity contribution in [1.82, 2.24) is 9.55 Å². The van der Waals surface area contributed by atoms with Gasteiger partial charge in [0.15, 0.2) is 0 Å². The summed E-state index contributed by atoms with van der Waals surface area (Å²) in [6, 6.07) is -0.181. The zero-order valence-corrected chi connectivity index (χ0v) is 11.0. The van der Waals surface area contributed by atoms with E-state index in [2.05, 4.69) is 4.98 Å². The van der Waals surface area contributed by atoms with Gasteiger partial charge in [0.05, 0.1) is 24.4 Å². The molecule has 0 aliphatic rings. The Labute approximate surface area is 104 Å². The standard InChI is InChI=1S/C12H16N2O2S/c1-4-9(5-15)14-6-13-11-10(12(14)16)7(2)8(3)17-11/h6,9,15H,4-5H2,1-3H3/t9-/m0/s1. The number of fused-ring (bicyclic) bond motifs is 1. The largest absolute Gasteiger partial charge is 0.394 e. The highest BCUT2D eigenvalue weighted by atomic mass is 32.1. The molecule has 92 valence electrons. The van der Waals surface area contributed by atoms with E-state index in [9.17, 15) is 9.90 Å². The highest BCUT2D eigenvalue weighted by Gasteiger charge is 2.15. The number of hydrogen-bond acceptors (Lipinski definition) is 4. The fourth-order valence-corrected chi connectivity index (χ4v) is 2.91. The van der Waals surface area contributed by atoms with Gasteiger partial charge in [0.2, 0.25) is 0 Å². The van der Waals surface area contributed by atoms with E-state index in [0.717, 1.165) is 15.3 Å². The van der Waals surface area contributed by atoms with Gasteiger partial charge in [-0.2, -0.15) is 0 Å². The third-order valence-electron chi connectivity index (χ3n) is 3.19. The number of rotatable bonds is 3. The minimum absolute atomic E-state index is 0.0360. The van der Waals surface area contributed by atoms with Crippen LogP contribution < -0.4 is 5.56 Å². The van der Waals surface area contributed by atoms with Crippen LogP contribution in [0, 0.1) is 13.8 Å². The summed E-state index contributed by atoms with van der Waals surface area (Å²) < 4.78 is 1.54. The normalized spacial score (nSPS) is 13.2. The van der Waals surface area contributed by atoms with Crippen molar-refractivity contribution in [3.05, 3.63) is 27.1 Å². The van der Waals surface area contributed by atoms with Crippen LogP contribution in [0.25, 0.3) is 10.2 Å². The maximum atomic E-state index is 12.3. The lowest BCUT2D eigenvalue weighted by atomic mass is 10.2. The number of thiophene rings is 1. The van der Waals surface area contributed by atoms with E-state index < -0.39 is 0 Å². The molecule has 0 bridgehead atoms. The van der Waals surface area contributed by atoms with E-state index in [1.54, 1.807) is 22.2 Å². The lowest BCUT2D eigenvalue weighted by Gasteiger charge is -2.14. The van der Waals surface area contributed by atoms with E-state index in [1.807, 2.05) is 20.8 Å². The minimum Gasteiger partial charge on any atom is -0.394 e. The van der Waals surface area contributed by atoms with Crippen LogP contribution in [0.4, 0.5) is 0 Å². The number of aliphatic hydroxyl groups is 1. The Kier molecular flexibility index (Phi) is 3.31. The third kappa shape index (κ3) is 1.89. The van der Waals surface area contributed by atoms with Crippen molar-refractivity contribution >= 4 is 21.6 Å². The van der Waals surface area contributed by atoms with E-state index in [-0.39, 0.29) is 18.2 Å². The molecule has 0 saturated heterocycles. The van der Waals surface area contributed by atoms with Crippen LogP contribution in [-0.2, 0) is 0 Å². The van der Waals surface area contributed by atoms with E-state index >= 15 is 0 Å². The lowest BCUT2D eigenvalue weighted by Crippen LogP contribution is -2.26. The monoisotopic (exact) mass is 252 g/mol. The maximum absolute atomic E-state index is 12.3. The highest BCUT2D eigenvalue weighted by Crippen LogP contribution is 2.25. The second kappa shape index (κ2) is 4.58. The van der Waals surface area contributed by atoms with Gasteiger partial charge < -0.3 is 5.11 Å². The molecular weight excluding hydrogens is 236 g/mol. The smallest absolute Gasteiger partial charge is 0.262 e. The van der Waals surface area contributed by atoms with Crippen LogP contribution >= 0.6 is 11.3 Å². The zero-order chi connectivity index (χ0) is 12.6. The Morgan fingerprint density at radius 3 is 2.82 bits per heavy atom. The molecule has 0 spiro atoms. The van der Waals surface area contributed by atoms with Gasteiger partial charge >= 0.3 is 0 Å². The molecule has 1 atom stereocenters. The molecule has 17 heavy (non-hydrogen) atoms. The van der Waals surface area contributed by atoms with Gasteiger partial charge in [0, 0.05) is 4.88 Å². The molecule has 2 heterocycles. The van der Waals surface area contributed by atoms with Crippen molar-refractivity contribution in [2.75, 3.05) is 6.61 Å². The molecule has 0 fully saturated rings. The predicted molar refractivity (Wildman–Crippen MR) is 69.8 cm³/mol. The fraction of sp³-hybridized carbons (Fsp3) is 0.500. The second-order valence-corrected chi connectivity index (χ2v) is 5.37. The Bertz CT molecular complexity index is 596. The molecule has 5 heteroatoms. The average molecular weight is 252 g/mol. The van der Waals surface area contributed by atoms with Gasteiger partial charge in [-0.25, -0.2) is 4.98 Å². The molecule has 0 saturated carbocycles. The van der Waals surface area contributed by atoms with Crippen LogP contribution in [0.1, 0.15) is 29.8 Å². The third-order valence-corrected chi connectivity index (χ3v) is 4.31. The summed E-state index contributed by atoms with van der Waals surface area (Å²) >= 11 is 1.54. The first-order chi connectivity index (χ1) is 8.10. The van der Waals surface area contributed by atoms with Crippen molar-refractivity contribution < 1.29 is 5.11 Å². The van der Waals surface area contributed by atoms with Gasteiger partial charge in [-0.3, -0.25) is 9.36 Å². The number of aryl methyl sites for hydroxylation is 2. The van der Waals surface area contributed by atoms with Crippen molar-refractivity contribution in [1.29, 1.82) is 0 Å². The molecule has 0 aliphatic carbocycles. The minimum atomic E-state index is -0.181. The summed E-state index contributed by atoms with van der Waals surface area (Å²) in [5.74, 6) is 0. The fourth-order valence-electron chi connectivity index (χ4n) is 1.92. The summed E-state index contributed by atoms with van der Waals surface area (Å²) in [4.78, 5) is 18.6. The number of nitrogens with zero attached hydrogens (tertiary/aromatic N) is 2. The summed E-state index contributed by atoms with van der Waals surface area (Å²) in [6.07, 6.45) is 2.26. The van der Waals surface area contributed by atoms with Crippen LogP contribution in [-0.4, -0.2) is 21.3 Å². The highest BCUT2D eigenvalue weighted by molar-refractivity contribution is 7.18. The second-order valence-electron chi connectivity index (χ2n) is 4.17. The molecule has 4 nitrogen and oxygen atoms in total.